The Labute approximate surface area is 232 Å². The molecule has 0 saturated carbocycles. The number of nitrogens with two attached hydrogens (primary N) is 1. The van der Waals surface area contributed by atoms with Crippen LogP contribution in [0, 0.1) is 5.82 Å². The zero-order chi connectivity index (χ0) is 28.3. The highest BCUT2D eigenvalue weighted by Crippen LogP contribution is 2.39. The summed E-state index contributed by atoms with van der Waals surface area (Å²) in [7, 11) is 0. The van der Waals surface area contributed by atoms with Crippen molar-refractivity contribution >= 4 is 34.7 Å². The molecule has 12 heteroatoms. The van der Waals surface area contributed by atoms with Gasteiger partial charge in [-0.1, -0.05) is 25.4 Å². The maximum Gasteiger partial charge on any atom is 0.410 e. The van der Waals surface area contributed by atoms with Crippen molar-refractivity contribution < 1.29 is 23.8 Å². The van der Waals surface area contributed by atoms with Crippen LogP contribution >= 0.6 is 11.6 Å². The van der Waals surface area contributed by atoms with E-state index >= 15 is 4.39 Å². The van der Waals surface area contributed by atoms with Crippen LogP contribution in [0.2, 0.25) is 5.02 Å². The van der Waals surface area contributed by atoms with Gasteiger partial charge in [0.1, 0.15) is 11.3 Å². The first-order chi connectivity index (χ1) is 18.5. The molecule has 0 bridgehead atoms. The zero-order valence-electron chi connectivity index (χ0n) is 22.7. The van der Waals surface area contributed by atoms with Crippen molar-refractivity contribution in [2.45, 2.75) is 71.0 Å². The van der Waals surface area contributed by atoms with Crippen molar-refractivity contribution in [1.29, 1.82) is 0 Å². The van der Waals surface area contributed by atoms with Crippen LogP contribution in [-0.4, -0.2) is 74.5 Å². The number of anilines is 1. The molecule has 5 rings (SSSR count). The minimum atomic E-state index is -0.482. The molecule has 10 nitrogen and oxygen atoms in total. The number of fused-ring (bicyclic) bond motifs is 1. The second kappa shape index (κ2) is 12.4. The molecule has 0 radical (unpaired) electrons. The standard InChI is InChI=1S/C22H26ClFN6O2.C5H10O2/c1-10(2)16-13(17-14(23)8-26-21(25)29-17)7-15(24)18-19(16)28-20(27-18)12-5-6-30(9-12)22(31)32-11(3)4;6-5-2-1-3-7-4-5/h7-8,10-12H,5-6,9H2,1-4H3,(H,27,28)(H2,25,26,29);5-6H,1-4H2. The van der Waals surface area contributed by atoms with E-state index in [-0.39, 0.29) is 46.6 Å². The quantitative estimate of drug-likeness (QED) is 0.403. The minimum absolute atomic E-state index is 0.0229. The Morgan fingerprint density at radius 1 is 1.31 bits per heavy atom. The molecule has 1 amide bonds. The Morgan fingerprint density at radius 2 is 2.08 bits per heavy atom. The number of carbonyl (C=O) groups excluding carboxylic acids is 1. The van der Waals surface area contributed by atoms with Gasteiger partial charge < -0.3 is 30.2 Å². The molecule has 2 aliphatic rings. The van der Waals surface area contributed by atoms with E-state index < -0.39 is 5.82 Å². The molecule has 2 atom stereocenters. The fraction of sp³-hybridized carbons (Fsp3) is 0.556. The highest BCUT2D eigenvalue weighted by atomic mass is 35.5. The van der Waals surface area contributed by atoms with Crippen molar-refractivity contribution in [2.24, 2.45) is 0 Å². The Hall–Kier alpha value is -3.02. The van der Waals surface area contributed by atoms with Crippen molar-refractivity contribution in [2.75, 3.05) is 32.0 Å². The fourth-order valence-corrected chi connectivity index (χ4v) is 5.07. The van der Waals surface area contributed by atoms with Gasteiger partial charge in [-0.05, 0) is 50.7 Å². The molecule has 212 valence electrons. The maximum absolute atomic E-state index is 15.2. The summed E-state index contributed by atoms with van der Waals surface area (Å²) in [6, 6.07) is 1.40. The van der Waals surface area contributed by atoms with Crippen LogP contribution in [0.4, 0.5) is 15.1 Å². The van der Waals surface area contributed by atoms with Gasteiger partial charge in [-0.25, -0.2) is 24.1 Å². The number of amides is 1. The van der Waals surface area contributed by atoms with Gasteiger partial charge in [-0.3, -0.25) is 0 Å². The summed E-state index contributed by atoms with van der Waals surface area (Å²) in [6.07, 6.45) is 3.34. The lowest BCUT2D eigenvalue weighted by Gasteiger charge is -2.17. The number of ether oxygens (including phenoxy) is 2. The molecule has 1 aromatic carbocycles. The molecule has 2 saturated heterocycles. The number of hydrogen-bond acceptors (Lipinski definition) is 8. The summed E-state index contributed by atoms with van der Waals surface area (Å²) in [5.74, 6) is 0.206. The minimum Gasteiger partial charge on any atom is -0.447 e. The lowest BCUT2D eigenvalue weighted by atomic mass is 9.93. The molecular weight excluding hydrogens is 527 g/mol. The number of rotatable bonds is 4. The second-order valence-electron chi connectivity index (χ2n) is 10.5. The van der Waals surface area contributed by atoms with Crippen molar-refractivity contribution in [3.8, 4) is 11.3 Å². The lowest BCUT2D eigenvalue weighted by Crippen LogP contribution is -2.31. The van der Waals surface area contributed by atoms with E-state index in [4.69, 9.17) is 31.9 Å². The molecular formula is C27H36ClFN6O4. The third-order valence-corrected chi connectivity index (χ3v) is 6.96. The highest BCUT2D eigenvalue weighted by molar-refractivity contribution is 6.33. The first-order valence-corrected chi connectivity index (χ1v) is 13.6. The van der Waals surface area contributed by atoms with Gasteiger partial charge in [-0.2, -0.15) is 0 Å². The number of aromatic amines is 1. The van der Waals surface area contributed by atoms with Crippen LogP contribution in [0.3, 0.4) is 0 Å². The third-order valence-electron chi connectivity index (χ3n) is 6.68. The van der Waals surface area contributed by atoms with Gasteiger partial charge in [0.15, 0.2) is 5.82 Å². The van der Waals surface area contributed by atoms with Crippen molar-refractivity contribution in [3.05, 3.63) is 34.5 Å². The molecule has 0 spiro atoms. The average Bonchev–Trinajstić information content (AvgIpc) is 3.54. The summed E-state index contributed by atoms with van der Waals surface area (Å²) in [6.45, 7) is 10.0. The Bertz CT molecular complexity index is 1310. The van der Waals surface area contributed by atoms with E-state index in [1.807, 2.05) is 27.7 Å². The predicted molar refractivity (Wildman–Crippen MR) is 147 cm³/mol. The predicted octanol–water partition coefficient (Wildman–Crippen LogP) is 5.01. The lowest BCUT2D eigenvalue weighted by molar-refractivity contribution is -0.00535. The summed E-state index contributed by atoms with van der Waals surface area (Å²) >= 11 is 6.32. The van der Waals surface area contributed by atoms with Gasteiger partial charge in [0.05, 0.1) is 41.2 Å². The number of nitrogens with one attached hydrogen (secondary N) is 1. The fourth-order valence-electron chi connectivity index (χ4n) is 4.87. The first kappa shape index (κ1) is 29.0. The summed E-state index contributed by atoms with van der Waals surface area (Å²) in [4.78, 5) is 29.9. The van der Waals surface area contributed by atoms with Gasteiger partial charge >= 0.3 is 6.09 Å². The average molecular weight is 563 g/mol. The Morgan fingerprint density at radius 3 is 2.69 bits per heavy atom. The molecule has 2 aliphatic heterocycles. The molecule has 2 aromatic heterocycles. The van der Waals surface area contributed by atoms with Crippen LogP contribution in [-0.2, 0) is 9.47 Å². The number of imidazole rings is 1. The zero-order valence-corrected chi connectivity index (χ0v) is 23.5. The van der Waals surface area contributed by atoms with Crippen LogP contribution < -0.4 is 5.73 Å². The van der Waals surface area contributed by atoms with Crippen LogP contribution in [0.5, 0.6) is 0 Å². The number of aromatic nitrogens is 4. The number of aliphatic hydroxyl groups excluding tert-OH is 1. The van der Waals surface area contributed by atoms with Gasteiger partial charge in [0.2, 0.25) is 5.95 Å². The van der Waals surface area contributed by atoms with Crippen molar-refractivity contribution in [1.82, 2.24) is 24.8 Å². The first-order valence-electron chi connectivity index (χ1n) is 13.3. The van der Waals surface area contributed by atoms with E-state index in [1.165, 1.54) is 12.3 Å². The van der Waals surface area contributed by atoms with Crippen LogP contribution in [0.15, 0.2) is 12.3 Å². The number of nitrogen functional groups attached to an aromatic ring is 1. The Kier molecular flexibility index (Phi) is 9.24. The van der Waals surface area contributed by atoms with Crippen LogP contribution in [0.25, 0.3) is 22.3 Å². The molecule has 3 aromatic rings. The summed E-state index contributed by atoms with van der Waals surface area (Å²) < 4.78 is 25.4. The molecule has 2 unspecified atom stereocenters. The molecule has 0 aliphatic carbocycles. The van der Waals surface area contributed by atoms with Gasteiger partial charge in [-0.15, -0.1) is 0 Å². The number of aliphatic hydroxyl groups is 1. The van der Waals surface area contributed by atoms with E-state index in [0.717, 1.165) is 25.0 Å². The number of carbonyl (C=O) groups is 1. The van der Waals surface area contributed by atoms with E-state index in [9.17, 15) is 4.79 Å². The number of nitrogens with zero attached hydrogens (tertiary/aromatic N) is 4. The second-order valence-corrected chi connectivity index (χ2v) is 10.9. The number of halogens is 2. The van der Waals surface area contributed by atoms with Crippen LogP contribution in [0.1, 0.15) is 70.2 Å². The topological polar surface area (TPSA) is 139 Å². The smallest absolute Gasteiger partial charge is 0.410 e. The molecule has 39 heavy (non-hydrogen) atoms. The SMILES string of the molecule is CC(C)OC(=O)N1CCC(c2nc3c(F)cc(-c4nc(N)ncc4Cl)c(C(C)C)c3[nH]2)C1.OC1CCCOC1. The molecule has 4 heterocycles. The monoisotopic (exact) mass is 562 g/mol. The number of benzene rings is 1. The maximum atomic E-state index is 15.2. The summed E-state index contributed by atoms with van der Waals surface area (Å²) in [5.41, 5.74) is 8.38. The largest absolute Gasteiger partial charge is 0.447 e. The number of likely N-dealkylation sites (tertiary alicyclic amines) is 1. The van der Waals surface area contributed by atoms with E-state index in [0.29, 0.717) is 48.7 Å². The van der Waals surface area contributed by atoms with Gasteiger partial charge in [0, 0.05) is 31.2 Å². The van der Waals surface area contributed by atoms with Crippen molar-refractivity contribution in [3.63, 3.8) is 0 Å². The number of hydrogen-bond donors (Lipinski definition) is 3. The summed E-state index contributed by atoms with van der Waals surface area (Å²) in [5, 5.41) is 9.07. The van der Waals surface area contributed by atoms with Gasteiger partial charge in [0.25, 0.3) is 0 Å². The van der Waals surface area contributed by atoms with E-state index in [2.05, 4.69) is 19.9 Å². The Balaban J connectivity index is 0.000000438. The molecule has 4 N–H and O–H groups in total. The normalized spacial score (nSPS) is 19.5. The third kappa shape index (κ3) is 6.77. The highest BCUT2D eigenvalue weighted by Gasteiger charge is 2.32. The number of H-pyrrole nitrogens is 1. The van der Waals surface area contributed by atoms with E-state index in [1.54, 1.807) is 4.90 Å². The molecule has 2 fully saturated rings.